The molecule has 0 aromatic carbocycles. The Bertz CT molecular complexity index is 156. The van der Waals surface area contributed by atoms with Gasteiger partial charge < -0.3 is 10.8 Å². The Labute approximate surface area is 82.9 Å². The van der Waals surface area contributed by atoms with E-state index in [1.54, 1.807) is 0 Å². The molecule has 2 nitrogen and oxygen atoms in total. The van der Waals surface area contributed by atoms with Gasteiger partial charge in [-0.15, -0.1) is 12.4 Å². The standard InChI is InChI=1S/C8H15F2NO.ClH/c9-8(10)3-1-7(12,2-4-8)5-6-11;/h12H,1-6,11H2;1H. The maximum Gasteiger partial charge on any atom is 0.248 e. The highest BCUT2D eigenvalue weighted by Crippen LogP contribution is 2.39. The van der Waals surface area contributed by atoms with E-state index in [0.29, 0.717) is 13.0 Å². The van der Waals surface area contributed by atoms with Crippen LogP contribution in [0.4, 0.5) is 8.78 Å². The molecule has 0 aromatic heterocycles. The molecule has 0 heterocycles. The predicted octanol–water partition coefficient (Wildman–Crippen LogP) is 1.70. The topological polar surface area (TPSA) is 46.2 Å². The van der Waals surface area contributed by atoms with Crippen LogP contribution in [0.2, 0.25) is 0 Å². The van der Waals surface area contributed by atoms with Gasteiger partial charge in [0.15, 0.2) is 0 Å². The fourth-order valence-corrected chi connectivity index (χ4v) is 1.60. The van der Waals surface area contributed by atoms with E-state index in [0.717, 1.165) is 0 Å². The van der Waals surface area contributed by atoms with Crippen molar-refractivity contribution < 1.29 is 13.9 Å². The third kappa shape index (κ3) is 3.75. The van der Waals surface area contributed by atoms with Crippen molar-refractivity contribution in [3.63, 3.8) is 0 Å². The highest BCUT2D eigenvalue weighted by molar-refractivity contribution is 5.85. The van der Waals surface area contributed by atoms with Gasteiger partial charge in [-0.2, -0.15) is 0 Å². The van der Waals surface area contributed by atoms with Crippen molar-refractivity contribution in [2.75, 3.05) is 6.54 Å². The molecule has 1 aliphatic rings. The van der Waals surface area contributed by atoms with Gasteiger partial charge in [0, 0.05) is 12.8 Å². The summed E-state index contributed by atoms with van der Waals surface area (Å²) in [6.07, 6.45) is 0.379. The Morgan fingerprint density at radius 2 is 1.62 bits per heavy atom. The molecule has 0 bridgehead atoms. The van der Waals surface area contributed by atoms with Gasteiger partial charge in [0.2, 0.25) is 5.92 Å². The number of alkyl halides is 2. The second-order valence-corrected chi connectivity index (χ2v) is 3.62. The van der Waals surface area contributed by atoms with Crippen LogP contribution in [-0.2, 0) is 0 Å². The van der Waals surface area contributed by atoms with Crippen LogP contribution >= 0.6 is 12.4 Å². The van der Waals surface area contributed by atoms with Crippen LogP contribution in [0.5, 0.6) is 0 Å². The van der Waals surface area contributed by atoms with E-state index in [1.807, 2.05) is 0 Å². The third-order valence-electron chi connectivity index (χ3n) is 2.52. The monoisotopic (exact) mass is 215 g/mol. The molecule has 80 valence electrons. The molecule has 0 atom stereocenters. The van der Waals surface area contributed by atoms with E-state index in [9.17, 15) is 13.9 Å². The molecule has 0 amide bonds. The highest BCUT2D eigenvalue weighted by Gasteiger charge is 2.41. The fraction of sp³-hybridized carbons (Fsp3) is 1.00. The summed E-state index contributed by atoms with van der Waals surface area (Å²) in [5.41, 5.74) is 4.34. The summed E-state index contributed by atoms with van der Waals surface area (Å²) >= 11 is 0. The smallest absolute Gasteiger partial charge is 0.248 e. The summed E-state index contributed by atoms with van der Waals surface area (Å²) < 4.78 is 25.3. The Kier molecular flexibility index (Phi) is 4.55. The molecule has 0 saturated heterocycles. The minimum absolute atomic E-state index is 0. The van der Waals surface area contributed by atoms with E-state index in [1.165, 1.54) is 0 Å². The summed E-state index contributed by atoms with van der Waals surface area (Å²) in [6, 6.07) is 0. The van der Waals surface area contributed by atoms with E-state index >= 15 is 0 Å². The van der Waals surface area contributed by atoms with E-state index in [2.05, 4.69) is 0 Å². The lowest BCUT2D eigenvalue weighted by Gasteiger charge is -2.35. The van der Waals surface area contributed by atoms with Gasteiger partial charge in [-0.25, -0.2) is 8.78 Å². The van der Waals surface area contributed by atoms with Crippen molar-refractivity contribution in [1.82, 2.24) is 0 Å². The molecule has 0 aromatic rings. The van der Waals surface area contributed by atoms with Crippen LogP contribution in [-0.4, -0.2) is 23.2 Å². The number of hydrogen-bond acceptors (Lipinski definition) is 2. The van der Waals surface area contributed by atoms with Crippen LogP contribution in [0.15, 0.2) is 0 Å². The zero-order valence-corrected chi connectivity index (χ0v) is 8.25. The molecule has 1 saturated carbocycles. The first-order valence-electron chi connectivity index (χ1n) is 4.28. The first-order valence-corrected chi connectivity index (χ1v) is 4.28. The molecular weight excluding hydrogens is 200 g/mol. The summed E-state index contributed by atoms with van der Waals surface area (Å²) in [5.74, 6) is -2.57. The lowest BCUT2D eigenvalue weighted by atomic mass is 9.81. The van der Waals surface area contributed by atoms with Crippen molar-refractivity contribution in [3.05, 3.63) is 0 Å². The van der Waals surface area contributed by atoms with Gasteiger partial charge in [0.1, 0.15) is 0 Å². The fourth-order valence-electron chi connectivity index (χ4n) is 1.60. The maximum absolute atomic E-state index is 12.6. The third-order valence-corrected chi connectivity index (χ3v) is 2.52. The summed E-state index contributed by atoms with van der Waals surface area (Å²) in [5, 5.41) is 9.69. The average molecular weight is 216 g/mol. The Morgan fingerprint density at radius 3 is 2.00 bits per heavy atom. The first-order chi connectivity index (χ1) is 5.47. The highest BCUT2D eigenvalue weighted by atomic mass is 35.5. The second kappa shape index (κ2) is 4.53. The van der Waals surface area contributed by atoms with Crippen LogP contribution < -0.4 is 5.73 Å². The minimum atomic E-state index is -2.57. The largest absolute Gasteiger partial charge is 0.390 e. The quantitative estimate of drug-likeness (QED) is 0.737. The number of halogens is 3. The zero-order valence-electron chi connectivity index (χ0n) is 7.43. The average Bonchev–Trinajstić information content (AvgIpc) is 1.98. The molecule has 13 heavy (non-hydrogen) atoms. The number of rotatable bonds is 2. The van der Waals surface area contributed by atoms with Crippen molar-refractivity contribution in [1.29, 1.82) is 0 Å². The van der Waals surface area contributed by atoms with Crippen molar-refractivity contribution in [3.8, 4) is 0 Å². The summed E-state index contributed by atoms with van der Waals surface area (Å²) in [7, 11) is 0. The number of hydrogen-bond donors (Lipinski definition) is 2. The molecule has 5 heteroatoms. The predicted molar refractivity (Wildman–Crippen MR) is 49.3 cm³/mol. The molecule has 3 N–H and O–H groups in total. The molecule has 1 fully saturated rings. The summed E-state index contributed by atoms with van der Waals surface area (Å²) in [4.78, 5) is 0. The number of nitrogens with two attached hydrogens (primary N) is 1. The minimum Gasteiger partial charge on any atom is -0.390 e. The van der Waals surface area contributed by atoms with Gasteiger partial charge in [0.25, 0.3) is 0 Å². The molecule has 1 rings (SSSR count). The Hall–Kier alpha value is 0.0700. The van der Waals surface area contributed by atoms with Crippen LogP contribution in [0.1, 0.15) is 32.1 Å². The van der Waals surface area contributed by atoms with E-state index in [-0.39, 0.29) is 38.1 Å². The SMILES string of the molecule is Cl.NCCC1(O)CCC(F)(F)CC1. The Morgan fingerprint density at radius 1 is 1.15 bits per heavy atom. The molecule has 0 unspecified atom stereocenters. The van der Waals surface area contributed by atoms with E-state index < -0.39 is 11.5 Å². The lowest BCUT2D eigenvalue weighted by molar-refractivity contribution is -0.105. The number of aliphatic hydroxyl groups is 1. The van der Waals surface area contributed by atoms with Crippen molar-refractivity contribution in [2.24, 2.45) is 5.73 Å². The Balaban J connectivity index is 0.00000144. The van der Waals surface area contributed by atoms with Gasteiger partial charge >= 0.3 is 0 Å². The molecule has 1 aliphatic carbocycles. The van der Waals surface area contributed by atoms with Gasteiger partial charge in [0.05, 0.1) is 5.60 Å². The second-order valence-electron chi connectivity index (χ2n) is 3.62. The first kappa shape index (κ1) is 13.1. The van der Waals surface area contributed by atoms with Gasteiger partial charge in [-0.05, 0) is 25.8 Å². The molecule has 0 aliphatic heterocycles. The van der Waals surface area contributed by atoms with Crippen LogP contribution in [0, 0.1) is 0 Å². The van der Waals surface area contributed by atoms with Gasteiger partial charge in [-0.3, -0.25) is 0 Å². The summed E-state index contributed by atoms with van der Waals surface area (Å²) in [6.45, 7) is 0.363. The molecule has 0 radical (unpaired) electrons. The van der Waals surface area contributed by atoms with Crippen LogP contribution in [0.3, 0.4) is 0 Å². The lowest BCUT2D eigenvalue weighted by Crippen LogP contribution is -2.39. The van der Waals surface area contributed by atoms with Crippen LogP contribution in [0.25, 0.3) is 0 Å². The van der Waals surface area contributed by atoms with Crippen molar-refractivity contribution >= 4 is 12.4 Å². The normalized spacial score (nSPS) is 24.9. The zero-order chi connectivity index (χ0) is 9.24. The molecular formula is C8H16ClF2NO. The molecule has 0 spiro atoms. The maximum atomic E-state index is 12.6. The van der Waals surface area contributed by atoms with Crippen molar-refractivity contribution in [2.45, 2.75) is 43.6 Å². The van der Waals surface area contributed by atoms with E-state index in [4.69, 9.17) is 5.73 Å². The van der Waals surface area contributed by atoms with Gasteiger partial charge in [-0.1, -0.05) is 0 Å².